The summed E-state index contributed by atoms with van der Waals surface area (Å²) in [5.41, 5.74) is 1.41. The number of aromatic hydroxyl groups is 1. The summed E-state index contributed by atoms with van der Waals surface area (Å²) in [7, 11) is 0. The van der Waals surface area contributed by atoms with Gasteiger partial charge in [0, 0.05) is 11.9 Å². The van der Waals surface area contributed by atoms with E-state index in [0.717, 1.165) is 0 Å². The normalized spacial score (nSPS) is 10.3. The molecule has 1 aromatic carbocycles. The zero-order chi connectivity index (χ0) is 11.7. The van der Waals surface area contributed by atoms with Crippen LogP contribution >= 0.6 is 0 Å². The minimum atomic E-state index is -0.966. The van der Waals surface area contributed by atoms with Crippen LogP contribution in [0.25, 0.3) is 5.69 Å². The summed E-state index contributed by atoms with van der Waals surface area (Å²) in [5, 5.41) is 18.6. The van der Waals surface area contributed by atoms with Gasteiger partial charge < -0.3 is 14.8 Å². The average Bonchev–Trinajstić information content (AvgIpc) is 2.61. The summed E-state index contributed by atoms with van der Waals surface area (Å²) in [4.78, 5) is 10.9. The Morgan fingerprint density at radius 1 is 1.25 bits per heavy atom. The number of hydrogen-bond acceptors (Lipinski definition) is 2. The molecule has 0 unspecified atom stereocenters. The standard InChI is InChI=1S/C12H11NO3/c1-8-9(12(15)16)6-7-13(8)10-4-2-3-5-11(10)14/h2-7,14H,1H3,(H,15,16). The minimum absolute atomic E-state index is 0.123. The van der Waals surface area contributed by atoms with Crippen molar-refractivity contribution < 1.29 is 15.0 Å². The van der Waals surface area contributed by atoms with E-state index in [1.807, 2.05) is 0 Å². The minimum Gasteiger partial charge on any atom is -0.506 e. The molecule has 1 heterocycles. The Kier molecular flexibility index (Phi) is 2.40. The first-order valence-corrected chi connectivity index (χ1v) is 4.81. The number of para-hydroxylation sites is 2. The van der Waals surface area contributed by atoms with E-state index in [2.05, 4.69) is 0 Å². The van der Waals surface area contributed by atoms with Crippen molar-refractivity contribution in [3.05, 3.63) is 47.8 Å². The molecule has 4 heteroatoms. The molecular formula is C12H11NO3. The van der Waals surface area contributed by atoms with Crippen molar-refractivity contribution in [3.8, 4) is 11.4 Å². The first kappa shape index (κ1) is 10.3. The lowest BCUT2D eigenvalue weighted by molar-refractivity contribution is 0.0696. The van der Waals surface area contributed by atoms with Crippen LogP contribution in [0.5, 0.6) is 5.75 Å². The van der Waals surface area contributed by atoms with Crippen molar-refractivity contribution in [2.45, 2.75) is 6.92 Å². The van der Waals surface area contributed by atoms with Crippen molar-refractivity contribution in [1.82, 2.24) is 4.57 Å². The molecular weight excluding hydrogens is 206 g/mol. The number of carboxylic acids is 1. The van der Waals surface area contributed by atoms with E-state index < -0.39 is 5.97 Å². The smallest absolute Gasteiger partial charge is 0.337 e. The van der Waals surface area contributed by atoms with Crippen LogP contribution in [0.2, 0.25) is 0 Å². The molecule has 82 valence electrons. The Bertz CT molecular complexity index is 543. The molecule has 2 aromatic rings. The first-order valence-electron chi connectivity index (χ1n) is 4.81. The van der Waals surface area contributed by atoms with Gasteiger partial charge in [-0.25, -0.2) is 4.79 Å². The van der Waals surface area contributed by atoms with Gasteiger partial charge >= 0.3 is 5.97 Å². The fourth-order valence-corrected chi connectivity index (χ4v) is 1.67. The molecule has 0 aliphatic rings. The maximum atomic E-state index is 10.9. The second kappa shape index (κ2) is 3.73. The summed E-state index contributed by atoms with van der Waals surface area (Å²) in [5.74, 6) is -0.843. The number of rotatable bonds is 2. The van der Waals surface area contributed by atoms with Gasteiger partial charge in [-0.2, -0.15) is 0 Å². The topological polar surface area (TPSA) is 62.5 Å². The fourth-order valence-electron chi connectivity index (χ4n) is 1.67. The number of hydrogen-bond donors (Lipinski definition) is 2. The Morgan fingerprint density at radius 2 is 1.94 bits per heavy atom. The molecule has 0 saturated heterocycles. The average molecular weight is 217 g/mol. The molecule has 0 aliphatic carbocycles. The zero-order valence-electron chi connectivity index (χ0n) is 8.71. The number of nitrogens with zero attached hydrogens (tertiary/aromatic N) is 1. The number of aromatic nitrogens is 1. The Labute approximate surface area is 92.4 Å². The Balaban J connectivity index is 2.58. The molecule has 0 aliphatic heterocycles. The molecule has 0 spiro atoms. The summed E-state index contributed by atoms with van der Waals surface area (Å²) in [6, 6.07) is 8.32. The zero-order valence-corrected chi connectivity index (χ0v) is 8.71. The van der Waals surface area contributed by atoms with Crippen LogP contribution in [0.15, 0.2) is 36.5 Å². The molecule has 16 heavy (non-hydrogen) atoms. The number of phenols is 1. The van der Waals surface area contributed by atoms with Crippen LogP contribution in [-0.4, -0.2) is 20.7 Å². The highest BCUT2D eigenvalue weighted by molar-refractivity contribution is 5.89. The van der Waals surface area contributed by atoms with Crippen LogP contribution in [-0.2, 0) is 0 Å². The van der Waals surface area contributed by atoms with E-state index >= 15 is 0 Å². The SMILES string of the molecule is Cc1c(C(=O)O)ccn1-c1ccccc1O. The molecule has 2 rings (SSSR count). The van der Waals surface area contributed by atoms with Gasteiger partial charge in [0.1, 0.15) is 5.75 Å². The van der Waals surface area contributed by atoms with Crippen LogP contribution in [0.3, 0.4) is 0 Å². The predicted octanol–water partition coefficient (Wildman–Crippen LogP) is 2.19. The second-order valence-electron chi connectivity index (χ2n) is 3.48. The molecule has 0 atom stereocenters. The highest BCUT2D eigenvalue weighted by atomic mass is 16.4. The number of phenolic OH excluding ortho intramolecular Hbond substituents is 1. The van der Waals surface area contributed by atoms with E-state index in [-0.39, 0.29) is 11.3 Å². The van der Waals surface area contributed by atoms with Gasteiger partial charge in [-0.05, 0) is 25.1 Å². The number of aromatic carboxylic acids is 1. The lowest BCUT2D eigenvalue weighted by Gasteiger charge is -2.08. The first-order chi connectivity index (χ1) is 7.61. The highest BCUT2D eigenvalue weighted by Gasteiger charge is 2.13. The van der Waals surface area contributed by atoms with E-state index in [1.165, 1.54) is 6.07 Å². The maximum absolute atomic E-state index is 10.9. The van der Waals surface area contributed by atoms with Gasteiger partial charge in [0.15, 0.2) is 0 Å². The maximum Gasteiger partial charge on any atom is 0.337 e. The quantitative estimate of drug-likeness (QED) is 0.810. The number of carbonyl (C=O) groups is 1. The third-order valence-electron chi connectivity index (χ3n) is 2.51. The molecule has 0 saturated carbocycles. The lowest BCUT2D eigenvalue weighted by Crippen LogP contribution is -2.01. The van der Waals surface area contributed by atoms with E-state index in [1.54, 1.807) is 42.0 Å². The summed E-state index contributed by atoms with van der Waals surface area (Å²) in [6.45, 7) is 1.70. The molecule has 2 N–H and O–H groups in total. The van der Waals surface area contributed by atoms with Crippen molar-refractivity contribution in [2.24, 2.45) is 0 Å². The summed E-state index contributed by atoms with van der Waals surface area (Å²) in [6.07, 6.45) is 1.63. The molecule has 0 bridgehead atoms. The monoisotopic (exact) mass is 217 g/mol. The van der Waals surface area contributed by atoms with Crippen molar-refractivity contribution in [3.63, 3.8) is 0 Å². The Morgan fingerprint density at radius 3 is 2.50 bits per heavy atom. The van der Waals surface area contributed by atoms with Gasteiger partial charge in [-0.3, -0.25) is 0 Å². The van der Waals surface area contributed by atoms with E-state index in [9.17, 15) is 9.90 Å². The highest BCUT2D eigenvalue weighted by Crippen LogP contribution is 2.24. The number of carboxylic acid groups (broad SMARTS) is 1. The summed E-state index contributed by atoms with van der Waals surface area (Å²) < 4.78 is 1.65. The third-order valence-corrected chi connectivity index (χ3v) is 2.51. The predicted molar refractivity (Wildman–Crippen MR) is 59.1 cm³/mol. The molecule has 0 radical (unpaired) electrons. The molecule has 0 fully saturated rings. The largest absolute Gasteiger partial charge is 0.506 e. The molecule has 1 aromatic heterocycles. The van der Waals surface area contributed by atoms with Gasteiger partial charge in [0.25, 0.3) is 0 Å². The third kappa shape index (κ3) is 1.54. The van der Waals surface area contributed by atoms with Crippen molar-refractivity contribution in [1.29, 1.82) is 0 Å². The van der Waals surface area contributed by atoms with Crippen LogP contribution in [0, 0.1) is 6.92 Å². The second-order valence-corrected chi connectivity index (χ2v) is 3.48. The van der Waals surface area contributed by atoms with Gasteiger partial charge in [0.05, 0.1) is 11.3 Å². The van der Waals surface area contributed by atoms with Gasteiger partial charge in [-0.15, -0.1) is 0 Å². The molecule has 0 amide bonds. The van der Waals surface area contributed by atoms with Crippen molar-refractivity contribution >= 4 is 5.97 Å². The van der Waals surface area contributed by atoms with Gasteiger partial charge in [0.2, 0.25) is 0 Å². The van der Waals surface area contributed by atoms with Crippen LogP contribution in [0.4, 0.5) is 0 Å². The number of benzene rings is 1. The van der Waals surface area contributed by atoms with Crippen LogP contribution in [0.1, 0.15) is 16.1 Å². The van der Waals surface area contributed by atoms with Crippen molar-refractivity contribution in [2.75, 3.05) is 0 Å². The fraction of sp³-hybridized carbons (Fsp3) is 0.0833. The lowest BCUT2D eigenvalue weighted by atomic mass is 10.2. The van der Waals surface area contributed by atoms with E-state index in [4.69, 9.17) is 5.11 Å². The van der Waals surface area contributed by atoms with E-state index in [0.29, 0.717) is 11.4 Å². The summed E-state index contributed by atoms with van der Waals surface area (Å²) >= 11 is 0. The van der Waals surface area contributed by atoms with Gasteiger partial charge in [-0.1, -0.05) is 12.1 Å². The molecule has 4 nitrogen and oxygen atoms in total. The Hall–Kier alpha value is -2.23. The van der Waals surface area contributed by atoms with Crippen LogP contribution < -0.4 is 0 Å².